The molecule has 0 aliphatic rings. The molecule has 0 unspecified atom stereocenters. The fourth-order valence-electron chi connectivity index (χ4n) is 10.7. The van der Waals surface area contributed by atoms with Crippen molar-refractivity contribution in [1.82, 2.24) is 24.1 Å². The van der Waals surface area contributed by atoms with E-state index in [2.05, 4.69) is 240 Å². The second-order valence-corrected chi connectivity index (χ2v) is 18.0. The Balaban J connectivity index is 1.07. The summed E-state index contributed by atoms with van der Waals surface area (Å²) in [6, 6.07) is 88.9. The Morgan fingerprint density at radius 1 is 0.257 bits per heavy atom. The fraction of sp³-hybridized carbons (Fsp3) is 0. The number of aromatic nitrogens is 5. The van der Waals surface area contributed by atoms with Gasteiger partial charge in [0.1, 0.15) is 0 Å². The van der Waals surface area contributed by atoms with Crippen molar-refractivity contribution in [1.29, 1.82) is 0 Å². The molecule has 3 aromatic heterocycles. The van der Waals surface area contributed by atoms with E-state index in [0.717, 1.165) is 72.4 Å². The van der Waals surface area contributed by atoms with Crippen molar-refractivity contribution in [3.8, 4) is 67.8 Å². The van der Waals surface area contributed by atoms with Gasteiger partial charge in [0.05, 0.1) is 27.8 Å². The van der Waals surface area contributed by atoms with Gasteiger partial charge in [-0.1, -0.05) is 194 Å². The number of rotatable bonds is 7. The van der Waals surface area contributed by atoms with Gasteiger partial charge in [-0.2, -0.15) is 0 Å². The van der Waals surface area contributed by atoms with E-state index in [-0.39, 0.29) is 0 Å². The van der Waals surface area contributed by atoms with Gasteiger partial charge in [0.25, 0.3) is 0 Å². The lowest BCUT2D eigenvalue weighted by Crippen LogP contribution is -2.04. The molecular formula is C65H41N5. The zero-order chi connectivity index (χ0) is 46.1. The summed E-state index contributed by atoms with van der Waals surface area (Å²) in [5, 5.41) is 9.66. The van der Waals surface area contributed by atoms with Crippen molar-refractivity contribution in [2.24, 2.45) is 0 Å². The molecule has 0 radical (unpaired) electrons. The van der Waals surface area contributed by atoms with Crippen LogP contribution in [0.4, 0.5) is 0 Å². The maximum atomic E-state index is 5.45. The Hall–Kier alpha value is -9.45. The molecule has 0 bridgehead atoms. The maximum absolute atomic E-state index is 5.45. The lowest BCUT2D eigenvalue weighted by Gasteiger charge is -2.21. The monoisotopic (exact) mass is 891 g/mol. The highest BCUT2D eigenvalue weighted by Gasteiger charge is 2.25. The summed E-state index contributed by atoms with van der Waals surface area (Å²) >= 11 is 0. The molecule has 0 aliphatic carbocycles. The Morgan fingerprint density at radius 2 is 0.757 bits per heavy atom. The summed E-state index contributed by atoms with van der Waals surface area (Å²) in [5.41, 5.74) is 13.7. The average Bonchev–Trinajstić information content (AvgIpc) is 3.94. The first-order valence-electron chi connectivity index (χ1n) is 23.8. The quantitative estimate of drug-likeness (QED) is 0.160. The van der Waals surface area contributed by atoms with Crippen molar-refractivity contribution < 1.29 is 0 Å². The van der Waals surface area contributed by atoms with Crippen LogP contribution in [0, 0.1) is 0 Å². The standard InChI is InChI=1S/C65H41N5/c1-5-19-42(20-6-1)54-38-49(39-55(43-21-7-2-8-22-43)62(54)70-58-36-34-44-23-15-16-30-51(44)61(58)56-37-46-26-13-14-27-47(46)40-60(56)70)65-67-63(45-24-9-3-10-25-45)66-64(68-65)48-33-35-53-52-31-17-18-32-57(52)69(59(53)41-48)50-28-11-4-12-29-50/h1-41H. The largest absolute Gasteiger partial charge is 0.309 e. The summed E-state index contributed by atoms with van der Waals surface area (Å²) in [4.78, 5) is 16.1. The summed E-state index contributed by atoms with van der Waals surface area (Å²) in [6.45, 7) is 0. The summed E-state index contributed by atoms with van der Waals surface area (Å²) in [5.74, 6) is 1.80. The molecule has 0 spiro atoms. The van der Waals surface area contributed by atoms with Crippen molar-refractivity contribution >= 4 is 65.2 Å². The summed E-state index contributed by atoms with van der Waals surface area (Å²) in [6.07, 6.45) is 0. The van der Waals surface area contributed by atoms with Crippen LogP contribution in [-0.4, -0.2) is 24.1 Å². The highest BCUT2D eigenvalue weighted by Crippen LogP contribution is 2.46. The van der Waals surface area contributed by atoms with Crippen molar-refractivity contribution in [3.63, 3.8) is 0 Å². The van der Waals surface area contributed by atoms with E-state index >= 15 is 0 Å². The number of fused-ring (bicyclic) bond motifs is 9. The summed E-state index contributed by atoms with van der Waals surface area (Å²) in [7, 11) is 0. The third kappa shape index (κ3) is 6.44. The first kappa shape index (κ1) is 39.7. The first-order valence-corrected chi connectivity index (χ1v) is 23.8. The van der Waals surface area contributed by atoms with Crippen LogP contribution < -0.4 is 0 Å². The highest BCUT2D eigenvalue weighted by molar-refractivity contribution is 6.24. The normalized spacial score (nSPS) is 11.7. The molecule has 14 rings (SSSR count). The van der Waals surface area contributed by atoms with Gasteiger partial charge in [0, 0.05) is 55.0 Å². The number of hydrogen-bond donors (Lipinski definition) is 0. The van der Waals surface area contributed by atoms with Crippen LogP contribution in [0.2, 0.25) is 0 Å². The Kier molecular flexibility index (Phi) is 9.14. The molecule has 0 aliphatic heterocycles. The van der Waals surface area contributed by atoms with E-state index in [9.17, 15) is 0 Å². The molecule has 70 heavy (non-hydrogen) atoms. The van der Waals surface area contributed by atoms with Crippen molar-refractivity contribution in [3.05, 3.63) is 249 Å². The van der Waals surface area contributed by atoms with E-state index < -0.39 is 0 Å². The minimum Gasteiger partial charge on any atom is -0.309 e. The van der Waals surface area contributed by atoms with Crippen LogP contribution >= 0.6 is 0 Å². The molecule has 0 fully saturated rings. The molecule has 5 heteroatoms. The predicted molar refractivity (Wildman–Crippen MR) is 291 cm³/mol. The van der Waals surface area contributed by atoms with Gasteiger partial charge >= 0.3 is 0 Å². The Bertz CT molecular complexity index is 4270. The second-order valence-electron chi connectivity index (χ2n) is 18.0. The lowest BCUT2D eigenvalue weighted by molar-refractivity contribution is 1.07. The third-order valence-corrected chi connectivity index (χ3v) is 13.9. The number of hydrogen-bond acceptors (Lipinski definition) is 3. The Labute approximate surface area is 403 Å². The van der Waals surface area contributed by atoms with Gasteiger partial charge in [-0.15, -0.1) is 0 Å². The van der Waals surface area contributed by atoms with Gasteiger partial charge in [-0.25, -0.2) is 15.0 Å². The smallest absolute Gasteiger partial charge is 0.164 e. The number of para-hydroxylation sites is 2. The molecular weight excluding hydrogens is 851 g/mol. The molecule has 3 heterocycles. The minimum atomic E-state index is 0.590. The fourth-order valence-corrected chi connectivity index (χ4v) is 10.7. The second kappa shape index (κ2) is 16.1. The van der Waals surface area contributed by atoms with E-state index in [4.69, 9.17) is 15.0 Å². The number of benzene rings is 11. The van der Waals surface area contributed by atoms with Gasteiger partial charge in [0.15, 0.2) is 17.5 Å². The van der Waals surface area contributed by atoms with Crippen LogP contribution in [0.15, 0.2) is 249 Å². The molecule has 5 nitrogen and oxygen atoms in total. The van der Waals surface area contributed by atoms with Gasteiger partial charge < -0.3 is 9.13 Å². The van der Waals surface area contributed by atoms with Gasteiger partial charge in [-0.3, -0.25) is 0 Å². The molecule has 0 saturated carbocycles. The first-order chi connectivity index (χ1) is 34.7. The van der Waals surface area contributed by atoms with Crippen LogP contribution in [0.3, 0.4) is 0 Å². The van der Waals surface area contributed by atoms with E-state index in [1.165, 1.54) is 43.1 Å². The molecule has 326 valence electrons. The van der Waals surface area contributed by atoms with E-state index in [1.54, 1.807) is 0 Å². The molecule has 0 atom stereocenters. The minimum absolute atomic E-state index is 0.590. The summed E-state index contributed by atoms with van der Waals surface area (Å²) < 4.78 is 4.85. The van der Waals surface area contributed by atoms with Crippen LogP contribution in [-0.2, 0) is 0 Å². The third-order valence-electron chi connectivity index (χ3n) is 13.9. The Morgan fingerprint density at radius 3 is 1.43 bits per heavy atom. The lowest BCUT2D eigenvalue weighted by atomic mass is 9.92. The highest BCUT2D eigenvalue weighted by atomic mass is 15.0. The van der Waals surface area contributed by atoms with E-state index in [0.29, 0.717) is 17.5 Å². The average molecular weight is 892 g/mol. The SMILES string of the molecule is c1ccc(-c2nc(-c3cc(-c4ccccc4)c(-n4c5cc6ccccc6cc5c5c6ccccc6ccc54)c(-c4ccccc4)c3)nc(-c3ccc4c5ccccc5n(-c5ccccc5)c4c3)n2)cc1. The van der Waals surface area contributed by atoms with Crippen molar-refractivity contribution in [2.45, 2.75) is 0 Å². The molecule has 14 aromatic rings. The zero-order valence-electron chi connectivity index (χ0n) is 37.9. The van der Waals surface area contributed by atoms with Crippen LogP contribution in [0.25, 0.3) is 133 Å². The topological polar surface area (TPSA) is 48.5 Å². The van der Waals surface area contributed by atoms with Crippen LogP contribution in [0.5, 0.6) is 0 Å². The van der Waals surface area contributed by atoms with E-state index in [1.807, 2.05) is 18.2 Å². The number of nitrogens with zero attached hydrogens (tertiary/aromatic N) is 5. The van der Waals surface area contributed by atoms with Gasteiger partial charge in [0.2, 0.25) is 0 Å². The van der Waals surface area contributed by atoms with Gasteiger partial charge in [-0.05, 0) is 87.3 Å². The molecule has 0 N–H and O–H groups in total. The zero-order valence-corrected chi connectivity index (χ0v) is 37.9. The molecule has 0 amide bonds. The maximum Gasteiger partial charge on any atom is 0.164 e. The van der Waals surface area contributed by atoms with Crippen LogP contribution in [0.1, 0.15) is 0 Å². The molecule has 0 saturated heterocycles. The molecule has 11 aromatic carbocycles. The predicted octanol–water partition coefficient (Wildman–Crippen LogP) is 16.7. The van der Waals surface area contributed by atoms with Crippen molar-refractivity contribution in [2.75, 3.05) is 0 Å².